The number of rotatable bonds is 5. The van der Waals surface area contributed by atoms with Crippen molar-refractivity contribution in [3.8, 4) is 0 Å². The normalized spacial score (nSPS) is 14.8. The van der Waals surface area contributed by atoms with Gasteiger partial charge >= 0.3 is 0 Å². The molecule has 0 spiro atoms. The minimum Gasteiger partial charge on any atom is -0.351 e. The first-order valence-corrected chi connectivity index (χ1v) is 7.99. The SMILES string of the molecule is O=C(NCCC(=O)N1CCCCCC1)c1cc(F)ccc1[N+](=O)[O-]. The molecule has 2 amide bonds. The molecule has 0 radical (unpaired) electrons. The Hall–Kier alpha value is -2.51. The fraction of sp³-hybridized carbons (Fsp3) is 0.500. The van der Waals surface area contributed by atoms with Crippen LogP contribution in [0, 0.1) is 15.9 Å². The smallest absolute Gasteiger partial charge is 0.282 e. The first-order chi connectivity index (χ1) is 11.5. The van der Waals surface area contributed by atoms with Gasteiger partial charge in [-0.3, -0.25) is 19.7 Å². The number of nitrogens with zero attached hydrogens (tertiary/aromatic N) is 2. The van der Waals surface area contributed by atoms with E-state index in [1.165, 1.54) is 0 Å². The van der Waals surface area contributed by atoms with Gasteiger partial charge in [-0.1, -0.05) is 12.8 Å². The number of halogens is 1. The standard InChI is InChI=1S/C16H20FN3O4/c17-12-5-6-14(20(23)24)13(11-12)16(22)18-8-7-15(21)19-9-3-1-2-4-10-19/h5-6,11H,1-4,7-10H2,(H,18,22). The Labute approximate surface area is 139 Å². The Morgan fingerprint density at radius 3 is 2.50 bits per heavy atom. The lowest BCUT2D eigenvalue weighted by atomic mass is 10.1. The number of hydrogen-bond acceptors (Lipinski definition) is 4. The summed E-state index contributed by atoms with van der Waals surface area (Å²) in [6.07, 6.45) is 4.31. The highest BCUT2D eigenvalue weighted by Gasteiger charge is 2.21. The van der Waals surface area contributed by atoms with Crippen LogP contribution in [0.5, 0.6) is 0 Å². The molecule has 24 heavy (non-hydrogen) atoms. The molecule has 2 rings (SSSR count). The second-order valence-corrected chi connectivity index (χ2v) is 5.72. The van der Waals surface area contributed by atoms with E-state index in [0.29, 0.717) is 0 Å². The van der Waals surface area contributed by atoms with Gasteiger partial charge in [0.2, 0.25) is 5.91 Å². The summed E-state index contributed by atoms with van der Waals surface area (Å²) < 4.78 is 13.2. The lowest BCUT2D eigenvalue weighted by molar-refractivity contribution is -0.385. The maximum absolute atomic E-state index is 13.2. The summed E-state index contributed by atoms with van der Waals surface area (Å²) in [5.74, 6) is -1.54. The van der Waals surface area contributed by atoms with Crippen molar-refractivity contribution >= 4 is 17.5 Å². The van der Waals surface area contributed by atoms with Gasteiger partial charge in [-0.05, 0) is 25.0 Å². The molecule has 0 aromatic heterocycles. The third-order valence-electron chi connectivity index (χ3n) is 3.98. The van der Waals surface area contributed by atoms with Gasteiger partial charge in [-0.2, -0.15) is 0 Å². The van der Waals surface area contributed by atoms with Crippen molar-refractivity contribution < 1.29 is 18.9 Å². The van der Waals surface area contributed by atoms with E-state index in [1.807, 2.05) is 0 Å². The van der Waals surface area contributed by atoms with Crippen LogP contribution in [-0.4, -0.2) is 41.3 Å². The molecule has 1 aromatic carbocycles. The van der Waals surface area contributed by atoms with Crippen LogP contribution < -0.4 is 5.32 Å². The van der Waals surface area contributed by atoms with Crippen LogP contribution in [0.2, 0.25) is 0 Å². The first-order valence-electron chi connectivity index (χ1n) is 7.99. The summed E-state index contributed by atoms with van der Waals surface area (Å²) in [5.41, 5.74) is -0.810. The van der Waals surface area contributed by atoms with Gasteiger partial charge in [0.15, 0.2) is 0 Å². The van der Waals surface area contributed by atoms with E-state index in [0.717, 1.165) is 57.0 Å². The highest BCUT2D eigenvalue weighted by molar-refractivity contribution is 5.98. The number of carbonyl (C=O) groups excluding carboxylic acids is 2. The molecule has 1 aromatic rings. The summed E-state index contributed by atoms with van der Waals surface area (Å²) in [7, 11) is 0. The van der Waals surface area contributed by atoms with Gasteiger partial charge in [-0.15, -0.1) is 0 Å². The van der Waals surface area contributed by atoms with Crippen molar-refractivity contribution in [2.24, 2.45) is 0 Å². The molecular formula is C16H20FN3O4. The van der Waals surface area contributed by atoms with Crippen LogP contribution in [0.15, 0.2) is 18.2 Å². The lowest BCUT2D eigenvalue weighted by Gasteiger charge is -2.20. The Morgan fingerprint density at radius 1 is 1.21 bits per heavy atom. The molecule has 130 valence electrons. The van der Waals surface area contributed by atoms with Gasteiger partial charge in [0, 0.05) is 32.1 Å². The van der Waals surface area contributed by atoms with Crippen LogP contribution in [0.4, 0.5) is 10.1 Å². The number of nitro benzene ring substituents is 1. The molecule has 1 heterocycles. The second kappa shape index (κ2) is 8.37. The van der Waals surface area contributed by atoms with E-state index in [9.17, 15) is 24.1 Å². The highest BCUT2D eigenvalue weighted by atomic mass is 19.1. The maximum atomic E-state index is 13.2. The van der Waals surface area contributed by atoms with E-state index < -0.39 is 22.3 Å². The van der Waals surface area contributed by atoms with E-state index in [2.05, 4.69) is 5.32 Å². The van der Waals surface area contributed by atoms with Crippen LogP contribution in [0.1, 0.15) is 42.5 Å². The number of benzene rings is 1. The summed E-state index contributed by atoms with van der Waals surface area (Å²) in [6.45, 7) is 1.51. The lowest BCUT2D eigenvalue weighted by Crippen LogP contribution is -2.35. The van der Waals surface area contributed by atoms with Crippen molar-refractivity contribution in [1.82, 2.24) is 10.2 Å². The van der Waals surface area contributed by atoms with Crippen molar-refractivity contribution in [2.45, 2.75) is 32.1 Å². The van der Waals surface area contributed by atoms with Gasteiger partial charge in [-0.25, -0.2) is 4.39 Å². The van der Waals surface area contributed by atoms with Crippen molar-refractivity contribution in [3.63, 3.8) is 0 Å². The maximum Gasteiger partial charge on any atom is 0.282 e. The van der Waals surface area contributed by atoms with Gasteiger partial charge in [0.25, 0.3) is 11.6 Å². The summed E-state index contributed by atoms with van der Waals surface area (Å²) in [6, 6.07) is 2.70. The number of hydrogen-bond donors (Lipinski definition) is 1. The average molecular weight is 337 g/mol. The molecule has 0 unspecified atom stereocenters. The zero-order valence-corrected chi connectivity index (χ0v) is 13.3. The summed E-state index contributed by atoms with van der Waals surface area (Å²) in [5, 5.41) is 13.4. The fourth-order valence-electron chi connectivity index (χ4n) is 2.71. The molecule has 8 heteroatoms. The molecule has 7 nitrogen and oxygen atoms in total. The van der Waals surface area contributed by atoms with E-state index >= 15 is 0 Å². The minimum absolute atomic E-state index is 0.0501. The molecule has 1 N–H and O–H groups in total. The summed E-state index contributed by atoms with van der Waals surface area (Å²) in [4.78, 5) is 36.1. The minimum atomic E-state index is -0.759. The zero-order chi connectivity index (χ0) is 17.5. The largest absolute Gasteiger partial charge is 0.351 e. The highest BCUT2D eigenvalue weighted by Crippen LogP contribution is 2.19. The third-order valence-corrected chi connectivity index (χ3v) is 3.98. The Morgan fingerprint density at radius 2 is 1.88 bits per heavy atom. The molecule has 1 fully saturated rings. The molecule has 0 aliphatic carbocycles. The van der Waals surface area contributed by atoms with E-state index in [4.69, 9.17) is 0 Å². The topological polar surface area (TPSA) is 92.6 Å². The number of nitrogens with one attached hydrogen (secondary N) is 1. The van der Waals surface area contributed by atoms with Crippen molar-refractivity contribution in [1.29, 1.82) is 0 Å². The Kier molecular flexibility index (Phi) is 6.22. The molecular weight excluding hydrogens is 317 g/mol. The summed E-state index contributed by atoms with van der Waals surface area (Å²) >= 11 is 0. The van der Waals surface area contributed by atoms with Crippen LogP contribution in [0.3, 0.4) is 0 Å². The predicted octanol–water partition coefficient (Wildman–Crippen LogP) is 2.26. The molecule has 1 saturated heterocycles. The zero-order valence-electron chi connectivity index (χ0n) is 13.3. The quantitative estimate of drug-likeness (QED) is 0.659. The third kappa shape index (κ3) is 4.74. The number of carbonyl (C=O) groups is 2. The average Bonchev–Trinajstić information content (AvgIpc) is 2.83. The van der Waals surface area contributed by atoms with Gasteiger partial charge in [0.05, 0.1) is 4.92 Å². The van der Waals surface area contributed by atoms with E-state index in [1.54, 1.807) is 4.90 Å². The molecule has 0 atom stereocenters. The Bertz CT molecular complexity index is 628. The van der Waals surface area contributed by atoms with Gasteiger partial charge < -0.3 is 10.2 Å². The number of amides is 2. The Balaban J connectivity index is 1.90. The molecule has 0 bridgehead atoms. The number of likely N-dealkylation sites (tertiary alicyclic amines) is 1. The van der Waals surface area contributed by atoms with Crippen LogP contribution in [-0.2, 0) is 4.79 Å². The van der Waals surface area contributed by atoms with Crippen molar-refractivity contribution in [3.05, 3.63) is 39.7 Å². The number of nitro groups is 1. The monoisotopic (exact) mass is 337 g/mol. The second-order valence-electron chi connectivity index (χ2n) is 5.72. The first kappa shape index (κ1) is 17.8. The van der Waals surface area contributed by atoms with Crippen LogP contribution in [0.25, 0.3) is 0 Å². The van der Waals surface area contributed by atoms with Crippen LogP contribution >= 0.6 is 0 Å². The van der Waals surface area contributed by atoms with E-state index in [-0.39, 0.29) is 24.4 Å². The predicted molar refractivity (Wildman–Crippen MR) is 85.1 cm³/mol. The van der Waals surface area contributed by atoms with Gasteiger partial charge in [0.1, 0.15) is 11.4 Å². The molecule has 0 saturated carbocycles. The molecule has 1 aliphatic rings. The molecule has 1 aliphatic heterocycles. The van der Waals surface area contributed by atoms with Crippen molar-refractivity contribution in [2.75, 3.05) is 19.6 Å². The fourth-order valence-corrected chi connectivity index (χ4v) is 2.71.